The maximum absolute atomic E-state index is 13.3. The van der Waals surface area contributed by atoms with Crippen LogP contribution in [0, 0.1) is 17.7 Å². The van der Waals surface area contributed by atoms with Crippen molar-refractivity contribution in [3.05, 3.63) is 35.6 Å². The fourth-order valence-electron chi connectivity index (χ4n) is 3.47. The molecule has 2 heterocycles. The smallest absolute Gasteiger partial charge is 0.227 e. The van der Waals surface area contributed by atoms with E-state index < -0.39 is 0 Å². The summed E-state index contributed by atoms with van der Waals surface area (Å²) in [5.41, 5.74) is 0.688. The van der Waals surface area contributed by atoms with Gasteiger partial charge in [-0.05, 0) is 43.1 Å². The highest BCUT2D eigenvalue weighted by Gasteiger charge is 2.32. The molecule has 144 valence electrons. The van der Waals surface area contributed by atoms with Gasteiger partial charge in [0.1, 0.15) is 5.82 Å². The molecule has 2 aliphatic rings. The fourth-order valence-corrected chi connectivity index (χ4v) is 3.47. The highest BCUT2D eigenvalue weighted by atomic mass is 35.5. The molecule has 0 saturated carbocycles. The average molecular weight is 384 g/mol. The molecule has 1 N–H and O–H groups in total. The second kappa shape index (κ2) is 9.33. The highest BCUT2D eigenvalue weighted by molar-refractivity contribution is 5.85. The van der Waals surface area contributed by atoms with Gasteiger partial charge in [-0.3, -0.25) is 9.59 Å². The standard InChI is InChI=1S/C19H26FN3O2.ClH/c1-14(16-12-21-13-16)19(25)23-7-3-6-22(8-9-23)18(24)11-15-4-2-5-17(20)10-15;/h2,4-5,10,14,16,21H,3,6-9,11-13H2,1H3;1H. The third-order valence-electron chi connectivity index (χ3n) is 5.31. The Morgan fingerprint density at radius 1 is 1.19 bits per heavy atom. The lowest BCUT2D eigenvalue weighted by Gasteiger charge is -2.34. The second-order valence-electron chi connectivity index (χ2n) is 7.07. The molecule has 1 aromatic rings. The van der Waals surface area contributed by atoms with Gasteiger partial charge in [-0.15, -0.1) is 12.4 Å². The summed E-state index contributed by atoms with van der Waals surface area (Å²) in [5, 5.41) is 3.21. The van der Waals surface area contributed by atoms with Crippen molar-refractivity contribution in [2.45, 2.75) is 19.8 Å². The summed E-state index contributed by atoms with van der Waals surface area (Å²) in [7, 11) is 0. The van der Waals surface area contributed by atoms with Gasteiger partial charge in [0, 0.05) is 32.1 Å². The first kappa shape index (κ1) is 20.6. The first-order chi connectivity index (χ1) is 12.0. The number of nitrogens with one attached hydrogen (secondary N) is 1. The SMILES string of the molecule is CC(C(=O)N1CCCN(C(=O)Cc2cccc(F)c2)CC1)C1CNC1.Cl. The van der Waals surface area contributed by atoms with E-state index in [1.807, 2.05) is 11.8 Å². The van der Waals surface area contributed by atoms with E-state index in [9.17, 15) is 14.0 Å². The van der Waals surface area contributed by atoms with E-state index in [0.29, 0.717) is 37.7 Å². The number of carbonyl (C=O) groups excluding carboxylic acids is 2. The zero-order valence-electron chi connectivity index (χ0n) is 15.1. The monoisotopic (exact) mass is 383 g/mol. The van der Waals surface area contributed by atoms with Gasteiger partial charge in [0.15, 0.2) is 0 Å². The number of carbonyl (C=O) groups is 2. The number of hydrogen-bond acceptors (Lipinski definition) is 3. The second-order valence-corrected chi connectivity index (χ2v) is 7.07. The molecule has 0 spiro atoms. The molecule has 0 radical (unpaired) electrons. The van der Waals surface area contributed by atoms with Crippen LogP contribution in [0.1, 0.15) is 18.9 Å². The van der Waals surface area contributed by atoms with Crippen molar-refractivity contribution in [3.8, 4) is 0 Å². The highest BCUT2D eigenvalue weighted by Crippen LogP contribution is 2.19. The minimum atomic E-state index is -0.322. The van der Waals surface area contributed by atoms with E-state index in [1.54, 1.807) is 17.0 Å². The lowest BCUT2D eigenvalue weighted by molar-refractivity contribution is -0.138. The molecule has 2 amide bonds. The maximum atomic E-state index is 13.3. The molecule has 5 nitrogen and oxygen atoms in total. The van der Waals surface area contributed by atoms with Gasteiger partial charge in [-0.25, -0.2) is 4.39 Å². The van der Waals surface area contributed by atoms with Crippen LogP contribution in [0.25, 0.3) is 0 Å². The van der Waals surface area contributed by atoms with Crippen molar-refractivity contribution in [3.63, 3.8) is 0 Å². The predicted molar refractivity (Wildman–Crippen MR) is 101 cm³/mol. The minimum Gasteiger partial charge on any atom is -0.341 e. The summed E-state index contributed by atoms with van der Waals surface area (Å²) < 4.78 is 13.3. The third-order valence-corrected chi connectivity index (χ3v) is 5.31. The largest absolute Gasteiger partial charge is 0.341 e. The number of halogens is 2. The van der Waals surface area contributed by atoms with E-state index in [1.165, 1.54) is 12.1 Å². The van der Waals surface area contributed by atoms with Crippen LogP contribution in [0.15, 0.2) is 24.3 Å². The van der Waals surface area contributed by atoms with Crippen molar-refractivity contribution < 1.29 is 14.0 Å². The molecular weight excluding hydrogens is 357 g/mol. The van der Waals surface area contributed by atoms with Gasteiger partial charge in [-0.2, -0.15) is 0 Å². The van der Waals surface area contributed by atoms with Gasteiger partial charge < -0.3 is 15.1 Å². The van der Waals surface area contributed by atoms with Crippen molar-refractivity contribution in [1.82, 2.24) is 15.1 Å². The van der Waals surface area contributed by atoms with Gasteiger partial charge in [-0.1, -0.05) is 19.1 Å². The lowest BCUT2D eigenvalue weighted by atomic mass is 9.88. The van der Waals surface area contributed by atoms with Crippen molar-refractivity contribution in [2.75, 3.05) is 39.3 Å². The van der Waals surface area contributed by atoms with Gasteiger partial charge in [0.2, 0.25) is 11.8 Å². The van der Waals surface area contributed by atoms with Crippen LogP contribution in [0.2, 0.25) is 0 Å². The Balaban J connectivity index is 0.00000243. The lowest BCUT2D eigenvalue weighted by Crippen LogP contribution is -2.51. The van der Waals surface area contributed by atoms with Crippen LogP contribution < -0.4 is 5.32 Å². The minimum absolute atomic E-state index is 0. The van der Waals surface area contributed by atoms with Gasteiger partial charge in [0.05, 0.1) is 6.42 Å². The van der Waals surface area contributed by atoms with E-state index in [-0.39, 0.29) is 42.4 Å². The average Bonchev–Trinajstić information content (AvgIpc) is 2.78. The van der Waals surface area contributed by atoms with Crippen molar-refractivity contribution in [1.29, 1.82) is 0 Å². The Hall–Kier alpha value is -1.66. The van der Waals surface area contributed by atoms with Crippen LogP contribution in [0.3, 0.4) is 0 Å². The number of hydrogen-bond donors (Lipinski definition) is 1. The van der Waals surface area contributed by atoms with E-state index in [0.717, 1.165) is 19.5 Å². The number of rotatable bonds is 4. The number of nitrogens with zero attached hydrogens (tertiary/aromatic N) is 2. The van der Waals surface area contributed by atoms with Gasteiger partial charge >= 0.3 is 0 Å². The number of amides is 2. The summed E-state index contributed by atoms with van der Waals surface area (Å²) in [6.45, 7) is 6.32. The summed E-state index contributed by atoms with van der Waals surface area (Å²) in [6.07, 6.45) is 0.992. The van der Waals surface area contributed by atoms with Crippen LogP contribution >= 0.6 is 12.4 Å². The Morgan fingerprint density at radius 2 is 1.88 bits per heavy atom. The third kappa shape index (κ3) is 4.95. The van der Waals surface area contributed by atoms with Crippen molar-refractivity contribution >= 4 is 24.2 Å². The van der Waals surface area contributed by atoms with Crippen molar-refractivity contribution in [2.24, 2.45) is 11.8 Å². The van der Waals surface area contributed by atoms with Crippen LogP contribution in [0.4, 0.5) is 4.39 Å². The Bertz CT molecular complexity index is 639. The first-order valence-electron chi connectivity index (χ1n) is 9.06. The van der Waals surface area contributed by atoms with Crippen LogP contribution in [-0.2, 0) is 16.0 Å². The molecule has 7 heteroatoms. The summed E-state index contributed by atoms with van der Waals surface area (Å²) in [5.74, 6) is 0.344. The molecular formula is C19H27ClFN3O2. The molecule has 2 aliphatic heterocycles. The molecule has 1 aromatic carbocycles. The van der Waals surface area contributed by atoms with E-state index in [4.69, 9.17) is 0 Å². The van der Waals surface area contributed by atoms with Crippen LogP contribution in [-0.4, -0.2) is 60.9 Å². The molecule has 2 fully saturated rings. The summed E-state index contributed by atoms with van der Waals surface area (Å²) in [4.78, 5) is 28.8. The fraction of sp³-hybridized carbons (Fsp3) is 0.579. The quantitative estimate of drug-likeness (QED) is 0.861. The zero-order valence-corrected chi connectivity index (χ0v) is 15.9. The molecule has 0 aromatic heterocycles. The molecule has 1 atom stereocenters. The van der Waals surface area contributed by atoms with E-state index >= 15 is 0 Å². The molecule has 1 unspecified atom stereocenters. The zero-order chi connectivity index (χ0) is 17.8. The first-order valence-corrected chi connectivity index (χ1v) is 9.06. The molecule has 2 saturated heterocycles. The molecule has 3 rings (SSSR count). The normalized spacial score (nSPS) is 19.2. The number of benzene rings is 1. The van der Waals surface area contributed by atoms with E-state index in [2.05, 4.69) is 5.32 Å². The Kier molecular flexibility index (Phi) is 7.41. The topological polar surface area (TPSA) is 52.7 Å². The Morgan fingerprint density at radius 3 is 2.54 bits per heavy atom. The molecule has 0 bridgehead atoms. The molecule has 26 heavy (non-hydrogen) atoms. The Labute approximate surface area is 160 Å². The van der Waals surface area contributed by atoms with Crippen LogP contribution in [0.5, 0.6) is 0 Å². The summed E-state index contributed by atoms with van der Waals surface area (Å²) >= 11 is 0. The molecule has 0 aliphatic carbocycles. The summed E-state index contributed by atoms with van der Waals surface area (Å²) in [6, 6.07) is 6.17. The van der Waals surface area contributed by atoms with Gasteiger partial charge in [0.25, 0.3) is 0 Å². The maximum Gasteiger partial charge on any atom is 0.227 e. The predicted octanol–water partition coefficient (Wildman–Crippen LogP) is 1.71.